The number of rotatable bonds is 2. The zero-order valence-electron chi connectivity index (χ0n) is 9.14. The van der Waals surface area contributed by atoms with Gasteiger partial charge in [0.15, 0.2) is 5.69 Å². The Morgan fingerprint density at radius 2 is 2.06 bits per heavy atom. The number of nitrogens with one attached hydrogen (secondary N) is 1. The van der Waals surface area contributed by atoms with Crippen LogP contribution in [-0.2, 0) is 7.05 Å². The molecule has 1 N–H and O–H groups in total. The van der Waals surface area contributed by atoms with E-state index in [1.807, 2.05) is 6.92 Å². The first-order valence-corrected chi connectivity index (χ1v) is 4.89. The van der Waals surface area contributed by atoms with Crippen LogP contribution in [0.5, 0.6) is 0 Å². The van der Waals surface area contributed by atoms with Gasteiger partial charge in [-0.25, -0.2) is 0 Å². The predicted octanol–water partition coefficient (Wildman–Crippen LogP) is 1.38. The van der Waals surface area contributed by atoms with E-state index in [0.29, 0.717) is 11.4 Å². The molecule has 5 heteroatoms. The Balaban J connectivity index is 2.15. The van der Waals surface area contributed by atoms with Crippen molar-refractivity contribution in [2.45, 2.75) is 6.92 Å². The van der Waals surface area contributed by atoms with Gasteiger partial charge in [-0.15, -0.1) is 0 Å². The molecule has 2 aromatic rings. The SMILES string of the molecule is Cc1cc(C(=O)Nc2ccncc2)nn1C. The lowest BCUT2D eigenvalue weighted by Gasteiger charge is -2.01. The van der Waals surface area contributed by atoms with Crippen molar-refractivity contribution in [1.82, 2.24) is 14.8 Å². The molecular weight excluding hydrogens is 204 g/mol. The minimum absolute atomic E-state index is 0.213. The number of amides is 1. The van der Waals surface area contributed by atoms with E-state index in [9.17, 15) is 4.79 Å². The molecule has 2 aromatic heterocycles. The summed E-state index contributed by atoms with van der Waals surface area (Å²) in [4.78, 5) is 15.6. The molecule has 0 unspecified atom stereocenters. The smallest absolute Gasteiger partial charge is 0.276 e. The van der Waals surface area contributed by atoms with Gasteiger partial charge >= 0.3 is 0 Å². The molecule has 2 heterocycles. The van der Waals surface area contributed by atoms with Crippen molar-refractivity contribution in [2.24, 2.45) is 7.05 Å². The zero-order chi connectivity index (χ0) is 11.5. The van der Waals surface area contributed by atoms with Gasteiger partial charge in [0.05, 0.1) is 0 Å². The van der Waals surface area contributed by atoms with Crippen LogP contribution in [0.4, 0.5) is 5.69 Å². The monoisotopic (exact) mass is 216 g/mol. The number of anilines is 1. The molecule has 0 aromatic carbocycles. The highest BCUT2D eigenvalue weighted by Crippen LogP contribution is 2.07. The van der Waals surface area contributed by atoms with Gasteiger partial charge in [-0.1, -0.05) is 0 Å². The normalized spacial score (nSPS) is 10.1. The average Bonchev–Trinajstić information content (AvgIpc) is 2.61. The lowest BCUT2D eigenvalue weighted by molar-refractivity contribution is 0.102. The Morgan fingerprint density at radius 3 is 2.62 bits per heavy atom. The van der Waals surface area contributed by atoms with Crippen LogP contribution >= 0.6 is 0 Å². The second-order valence-electron chi connectivity index (χ2n) is 3.48. The van der Waals surface area contributed by atoms with Gasteiger partial charge in [0.2, 0.25) is 0 Å². The highest BCUT2D eigenvalue weighted by molar-refractivity contribution is 6.02. The molecule has 0 aliphatic carbocycles. The lowest BCUT2D eigenvalue weighted by Crippen LogP contribution is -2.12. The molecule has 0 spiro atoms. The Labute approximate surface area is 93.1 Å². The fourth-order valence-electron chi connectivity index (χ4n) is 1.30. The number of carbonyl (C=O) groups excluding carboxylic acids is 1. The highest BCUT2D eigenvalue weighted by Gasteiger charge is 2.10. The van der Waals surface area contributed by atoms with E-state index >= 15 is 0 Å². The van der Waals surface area contributed by atoms with E-state index in [1.165, 1.54) is 0 Å². The number of hydrogen-bond donors (Lipinski definition) is 1. The van der Waals surface area contributed by atoms with Crippen LogP contribution in [0.3, 0.4) is 0 Å². The van der Waals surface area contributed by atoms with E-state index in [2.05, 4.69) is 15.4 Å². The molecule has 0 saturated heterocycles. The van der Waals surface area contributed by atoms with Crippen LogP contribution in [0.15, 0.2) is 30.6 Å². The third-order valence-corrected chi connectivity index (χ3v) is 2.28. The fourth-order valence-corrected chi connectivity index (χ4v) is 1.30. The third kappa shape index (κ3) is 2.08. The summed E-state index contributed by atoms with van der Waals surface area (Å²) in [7, 11) is 1.80. The molecule has 0 radical (unpaired) electrons. The summed E-state index contributed by atoms with van der Waals surface area (Å²) in [6.07, 6.45) is 3.25. The molecule has 16 heavy (non-hydrogen) atoms. The third-order valence-electron chi connectivity index (χ3n) is 2.28. The summed E-state index contributed by atoms with van der Waals surface area (Å²) in [6, 6.07) is 5.21. The van der Waals surface area contributed by atoms with Gasteiger partial charge in [-0.2, -0.15) is 5.10 Å². The van der Waals surface area contributed by atoms with Gasteiger partial charge < -0.3 is 5.32 Å². The molecule has 0 bridgehead atoms. The minimum Gasteiger partial charge on any atom is -0.320 e. The maximum atomic E-state index is 11.8. The van der Waals surface area contributed by atoms with Crippen molar-refractivity contribution < 1.29 is 4.79 Å². The van der Waals surface area contributed by atoms with Crippen LogP contribution in [0.2, 0.25) is 0 Å². The molecule has 0 saturated carbocycles. The first kappa shape index (κ1) is 10.4. The molecular formula is C11H12N4O. The van der Waals surface area contributed by atoms with Crippen LogP contribution < -0.4 is 5.32 Å². The molecule has 2 rings (SSSR count). The molecule has 0 aliphatic heterocycles. The van der Waals surface area contributed by atoms with Crippen molar-refractivity contribution in [1.29, 1.82) is 0 Å². The van der Waals surface area contributed by atoms with Gasteiger partial charge in [0, 0.05) is 30.8 Å². The lowest BCUT2D eigenvalue weighted by atomic mass is 10.3. The summed E-state index contributed by atoms with van der Waals surface area (Å²) in [5.74, 6) is -0.213. The predicted molar refractivity (Wildman–Crippen MR) is 60.1 cm³/mol. The molecule has 0 atom stereocenters. The topological polar surface area (TPSA) is 59.8 Å². The molecule has 82 valence electrons. The summed E-state index contributed by atoms with van der Waals surface area (Å²) < 4.78 is 1.67. The average molecular weight is 216 g/mol. The maximum absolute atomic E-state index is 11.8. The number of nitrogens with zero attached hydrogens (tertiary/aromatic N) is 3. The van der Waals surface area contributed by atoms with Crippen molar-refractivity contribution in [3.63, 3.8) is 0 Å². The number of hydrogen-bond acceptors (Lipinski definition) is 3. The summed E-state index contributed by atoms with van der Waals surface area (Å²) in [6.45, 7) is 1.90. The van der Waals surface area contributed by atoms with E-state index < -0.39 is 0 Å². The number of aromatic nitrogens is 3. The fraction of sp³-hybridized carbons (Fsp3) is 0.182. The van der Waals surface area contributed by atoms with Crippen LogP contribution in [0.1, 0.15) is 16.2 Å². The van der Waals surface area contributed by atoms with Crippen LogP contribution in [0.25, 0.3) is 0 Å². The minimum atomic E-state index is -0.213. The van der Waals surface area contributed by atoms with E-state index in [4.69, 9.17) is 0 Å². The van der Waals surface area contributed by atoms with Gasteiger partial charge in [0.25, 0.3) is 5.91 Å². The molecule has 5 nitrogen and oxygen atoms in total. The first-order chi connectivity index (χ1) is 7.66. The summed E-state index contributed by atoms with van der Waals surface area (Å²) in [5.41, 5.74) is 2.07. The second kappa shape index (κ2) is 4.14. The molecule has 1 amide bonds. The molecule has 0 fully saturated rings. The van der Waals surface area contributed by atoms with Gasteiger partial charge in [0.1, 0.15) is 0 Å². The Morgan fingerprint density at radius 1 is 1.38 bits per heavy atom. The Kier molecular flexibility index (Phi) is 2.68. The van der Waals surface area contributed by atoms with Crippen molar-refractivity contribution in [3.8, 4) is 0 Å². The largest absolute Gasteiger partial charge is 0.320 e. The maximum Gasteiger partial charge on any atom is 0.276 e. The van der Waals surface area contributed by atoms with E-state index in [-0.39, 0.29) is 5.91 Å². The second-order valence-corrected chi connectivity index (χ2v) is 3.48. The summed E-state index contributed by atoms with van der Waals surface area (Å²) in [5, 5.41) is 6.84. The number of pyridine rings is 1. The Hall–Kier alpha value is -2.17. The van der Waals surface area contributed by atoms with Gasteiger partial charge in [-0.05, 0) is 25.1 Å². The van der Waals surface area contributed by atoms with E-state index in [0.717, 1.165) is 5.69 Å². The standard InChI is InChI=1S/C11H12N4O/c1-8-7-10(14-15(8)2)11(16)13-9-3-5-12-6-4-9/h3-7H,1-2H3,(H,12,13,16). The van der Waals surface area contributed by atoms with Crippen LogP contribution in [-0.4, -0.2) is 20.7 Å². The number of carbonyl (C=O) groups is 1. The van der Waals surface area contributed by atoms with Crippen molar-refractivity contribution in [3.05, 3.63) is 42.0 Å². The zero-order valence-corrected chi connectivity index (χ0v) is 9.14. The first-order valence-electron chi connectivity index (χ1n) is 4.89. The number of aryl methyl sites for hydroxylation is 2. The van der Waals surface area contributed by atoms with Crippen molar-refractivity contribution in [2.75, 3.05) is 5.32 Å². The van der Waals surface area contributed by atoms with Gasteiger partial charge in [-0.3, -0.25) is 14.5 Å². The highest BCUT2D eigenvalue weighted by atomic mass is 16.1. The Bertz CT molecular complexity index is 484. The van der Waals surface area contributed by atoms with Crippen LogP contribution in [0, 0.1) is 6.92 Å². The quantitative estimate of drug-likeness (QED) is 0.824. The summed E-state index contributed by atoms with van der Waals surface area (Å²) >= 11 is 0. The molecule has 0 aliphatic rings. The van der Waals surface area contributed by atoms with E-state index in [1.54, 1.807) is 42.3 Å². The van der Waals surface area contributed by atoms with Crippen molar-refractivity contribution >= 4 is 11.6 Å².